The molecule has 0 aromatic carbocycles. The maximum Gasteiger partial charge on any atom is 0.309 e. The number of allylic oxidation sites excluding steroid dienone is 2. The van der Waals surface area contributed by atoms with E-state index in [0.717, 1.165) is 32.1 Å². The van der Waals surface area contributed by atoms with E-state index in [1.807, 2.05) is 0 Å². The molecule has 0 radical (unpaired) electrons. The zero-order valence-electron chi connectivity index (χ0n) is 9.78. The summed E-state index contributed by atoms with van der Waals surface area (Å²) >= 11 is 0. The summed E-state index contributed by atoms with van der Waals surface area (Å²) in [5.74, 6) is 0.869. The molecule has 88 valence electrons. The van der Waals surface area contributed by atoms with Gasteiger partial charge < -0.3 is 4.74 Å². The quantitative estimate of drug-likeness (QED) is 0.527. The Morgan fingerprint density at radius 2 is 2.00 bits per heavy atom. The number of hydrogen-bond acceptors (Lipinski definition) is 2. The van der Waals surface area contributed by atoms with E-state index in [9.17, 15) is 4.79 Å². The molecule has 3 rings (SSSR count). The van der Waals surface area contributed by atoms with Crippen molar-refractivity contribution in [1.29, 1.82) is 0 Å². The molecule has 3 aliphatic rings. The third kappa shape index (κ3) is 1.90. The van der Waals surface area contributed by atoms with Crippen molar-refractivity contribution in [3.05, 3.63) is 11.6 Å². The monoisotopic (exact) mass is 220 g/mol. The summed E-state index contributed by atoms with van der Waals surface area (Å²) < 4.78 is 5.66. The second-order valence-corrected chi connectivity index (χ2v) is 5.57. The van der Waals surface area contributed by atoms with Crippen LogP contribution in [-0.4, -0.2) is 12.1 Å². The SMILES string of the molecule is O=C(OC1CCCCC1)C1CC2=CCC1C2. The van der Waals surface area contributed by atoms with Crippen molar-refractivity contribution in [3.8, 4) is 0 Å². The summed E-state index contributed by atoms with van der Waals surface area (Å²) in [6.45, 7) is 0. The standard InChI is InChI=1S/C14H20O2/c15-14(16-12-4-2-1-3-5-12)13-9-10-6-7-11(13)8-10/h6,11-13H,1-5,7-9H2. The summed E-state index contributed by atoms with van der Waals surface area (Å²) in [7, 11) is 0. The van der Waals surface area contributed by atoms with E-state index in [1.54, 1.807) is 0 Å². The van der Waals surface area contributed by atoms with Gasteiger partial charge in [-0.2, -0.15) is 0 Å². The Morgan fingerprint density at radius 3 is 2.62 bits per heavy atom. The molecule has 2 heteroatoms. The molecule has 0 spiro atoms. The molecule has 16 heavy (non-hydrogen) atoms. The van der Waals surface area contributed by atoms with Gasteiger partial charge in [0.1, 0.15) is 6.10 Å². The van der Waals surface area contributed by atoms with Crippen LogP contribution in [0.25, 0.3) is 0 Å². The van der Waals surface area contributed by atoms with Crippen LogP contribution in [-0.2, 0) is 9.53 Å². The smallest absolute Gasteiger partial charge is 0.309 e. The van der Waals surface area contributed by atoms with Crippen LogP contribution >= 0.6 is 0 Å². The Hall–Kier alpha value is -0.790. The Balaban J connectivity index is 1.55. The first-order chi connectivity index (χ1) is 7.83. The van der Waals surface area contributed by atoms with Crippen LogP contribution < -0.4 is 0 Å². The average molecular weight is 220 g/mol. The van der Waals surface area contributed by atoms with Crippen LogP contribution in [0.3, 0.4) is 0 Å². The number of esters is 1. The van der Waals surface area contributed by atoms with Gasteiger partial charge in [0.2, 0.25) is 0 Å². The van der Waals surface area contributed by atoms with Crippen LogP contribution in [0, 0.1) is 11.8 Å². The lowest BCUT2D eigenvalue weighted by Gasteiger charge is -2.25. The van der Waals surface area contributed by atoms with Gasteiger partial charge in [0.25, 0.3) is 0 Å². The highest BCUT2D eigenvalue weighted by Gasteiger charge is 2.40. The molecule has 0 N–H and O–H groups in total. The molecule has 0 amide bonds. The normalized spacial score (nSPS) is 33.9. The molecule has 0 aromatic rings. The zero-order valence-corrected chi connectivity index (χ0v) is 9.78. The van der Waals surface area contributed by atoms with E-state index >= 15 is 0 Å². The number of rotatable bonds is 2. The van der Waals surface area contributed by atoms with Crippen LogP contribution in [0.4, 0.5) is 0 Å². The zero-order chi connectivity index (χ0) is 11.0. The minimum atomic E-state index is 0.0972. The van der Waals surface area contributed by atoms with E-state index in [1.165, 1.54) is 24.8 Å². The lowest BCUT2D eigenvalue weighted by molar-refractivity contribution is -0.156. The van der Waals surface area contributed by atoms with Gasteiger partial charge in [0.05, 0.1) is 5.92 Å². The Morgan fingerprint density at radius 1 is 1.19 bits per heavy atom. The fourth-order valence-electron chi connectivity index (χ4n) is 3.45. The van der Waals surface area contributed by atoms with Gasteiger partial charge in [-0.05, 0) is 50.9 Å². The minimum Gasteiger partial charge on any atom is -0.462 e. The first-order valence-corrected chi connectivity index (χ1v) is 6.71. The summed E-state index contributed by atoms with van der Waals surface area (Å²) in [5, 5.41) is 0. The Kier molecular flexibility index (Phi) is 2.74. The highest BCUT2D eigenvalue weighted by molar-refractivity contribution is 5.74. The van der Waals surface area contributed by atoms with E-state index in [2.05, 4.69) is 6.08 Å². The van der Waals surface area contributed by atoms with Gasteiger partial charge in [-0.25, -0.2) is 0 Å². The van der Waals surface area contributed by atoms with Crippen molar-refractivity contribution in [3.63, 3.8) is 0 Å². The largest absolute Gasteiger partial charge is 0.462 e. The number of carbonyl (C=O) groups is 1. The lowest BCUT2D eigenvalue weighted by atomic mass is 9.91. The Labute approximate surface area is 97.1 Å². The third-order valence-corrected chi connectivity index (χ3v) is 4.42. The molecule has 0 aliphatic heterocycles. The molecule has 2 fully saturated rings. The number of hydrogen-bond donors (Lipinski definition) is 0. The molecule has 2 unspecified atom stereocenters. The van der Waals surface area contributed by atoms with E-state index in [4.69, 9.17) is 4.74 Å². The highest BCUT2D eigenvalue weighted by Crippen LogP contribution is 2.44. The van der Waals surface area contributed by atoms with Gasteiger partial charge in [-0.1, -0.05) is 18.1 Å². The minimum absolute atomic E-state index is 0.0972. The van der Waals surface area contributed by atoms with Gasteiger partial charge in [0, 0.05) is 0 Å². The number of fused-ring (bicyclic) bond motifs is 2. The first kappa shape index (κ1) is 10.4. The predicted octanol–water partition coefficient (Wildman–Crippen LogP) is 3.22. The van der Waals surface area contributed by atoms with Gasteiger partial charge >= 0.3 is 5.97 Å². The summed E-state index contributed by atoms with van der Waals surface area (Å²) in [6, 6.07) is 0. The highest BCUT2D eigenvalue weighted by atomic mass is 16.5. The third-order valence-electron chi connectivity index (χ3n) is 4.42. The number of carbonyl (C=O) groups excluding carboxylic acids is 1. The maximum atomic E-state index is 12.1. The molecule has 0 heterocycles. The molecular formula is C14H20O2. The van der Waals surface area contributed by atoms with Gasteiger partial charge in [-0.15, -0.1) is 0 Å². The van der Waals surface area contributed by atoms with E-state index in [-0.39, 0.29) is 18.0 Å². The second-order valence-electron chi connectivity index (χ2n) is 5.57. The van der Waals surface area contributed by atoms with Crippen LogP contribution in [0.1, 0.15) is 51.4 Å². The summed E-state index contributed by atoms with van der Waals surface area (Å²) in [5.41, 5.74) is 1.50. The summed E-state index contributed by atoms with van der Waals surface area (Å²) in [4.78, 5) is 12.1. The second kappa shape index (κ2) is 4.23. The number of ether oxygens (including phenoxy) is 1. The van der Waals surface area contributed by atoms with Crippen molar-refractivity contribution in [2.45, 2.75) is 57.5 Å². The molecule has 0 saturated heterocycles. The fraction of sp³-hybridized carbons (Fsp3) is 0.786. The van der Waals surface area contributed by atoms with Crippen molar-refractivity contribution in [1.82, 2.24) is 0 Å². The van der Waals surface area contributed by atoms with Gasteiger partial charge in [-0.3, -0.25) is 4.79 Å². The van der Waals surface area contributed by atoms with Crippen molar-refractivity contribution in [2.75, 3.05) is 0 Å². The summed E-state index contributed by atoms with van der Waals surface area (Å²) in [6.07, 6.45) is 11.8. The van der Waals surface area contributed by atoms with Crippen LogP contribution in [0.2, 0.25) is 0 Å². The Bertz CT molecular complexity index is 313. The van der Waals surface area contributed by atoms with Gasteiger partial charge in [0.15, 0.2) is 0 Å². The fourth-order valence-corrected chi connectivity index (χ4v) is 3.45. The van der Waals surface area contributed by atoms with E-state index < -0.39 is 0 Å². The predicted molar refractivity (Wildman–Crippen MR) is 61.9 cm³/mol. The van der Waals surface area contributed by atoms with Crippen molar-refractivity contribution >= 4 is 5.97 Å². The molecule has 2 atom stereocenters. The van der Waals surface area contributed by atoms with Crippen LogP contribution in [0.15, 0.2) is 11.6 Å². The first-order valence-electron chi connectivity index (χ1n) is 6.71. The topological polar surface area (TPSA) is 26.3 Å². The average Bonchev–Trinajstić information content (AvgIpc) is 2.92. The van der Waals surface area contributed by atoms with Crippen LogP contribution in [0.5, 0.6) is 0 Å². The van der Waals surface area contributed by atoms with E-state index in [0.29, 0.717) is 5.92 Å². The molecule has 2 bridgehead atoms. The molecular weight excluding hydrogens is 200 g/mol. The lowest BCUT2D eigenvalue weighted by Crippen LogP contribution is -2.28. The molecule has 2 nitrogen and oxygen atoms in total. The van der Waals surface area contributed by atoms with Crippen molar-refractivity contribution < 1.29 is 9.53 Å². The molecule has 0 aromatic heterocycles. The molecule has 3 aliphatic carbocycles. The molecule has 2 saturated carbocycles. The maximum absolute atomic E-state index is 12.1. The van der Waals surface area contributed by atoms with Crippen molar-refractivity contribution in [2.24, 2.45) is 11.8 Å².